The molecule has 3 rings (SSSR count). The summed E-state index contributed by atoms with van der Waals surface area (Å²) >= 11 is 11.8. The lowest BCUT2D eigenvalue weighted by atomic mass is 10.1. The number of amides is 1. The van der Waals surface area contributed by atoms with Crippen molar-refractivity contribution in [2.75, 3.05) is 34.8 Å². The number of nitrogens with zero attached hydrogens (tertiary/aromatic N) is 3. The summed E-state index contributed by atoms with van der Waals surface area (Å²) < 4.78 is 13.9. The zero-order valence-corrected chi connectivity index (χ0v) is 17.8. The van der Waals surface area contributed by atoms with E-state index in [1.807, 2.05) is 17.0 Å². The standard InChI is InChI=1S/C21H21Cl2FN4O2/c1-14-12-20(18-13-15(24)2-7-19(18)25-14)28(26-21(29)30)17-5-3-16(4-6-17)27(10-8-22)11-9-23/h2-7,12-13,26H,8-11H2,1H3,(H,29,30). The summed E-state index contributed by atoms with van der Waals surface area (Å²) in [7, 11) is 0. The van der Waals surface area contributed by atoms with Crippen LogP contribution in [0.5, 0.6) is 0 Å². The Morgan fingerprint density at radius 1 is 1.07 bits per heavy atom. The number of nitrogens with one attached hydrogen (secondary N) is 1. The summed E-state index contributed by atoms with van der Waals surface area (Å²) in [6, 6.07) is 13.2. The van der Waals surface area contributed by atoms with Gasteiger partial charge in [0.15, 0.2) is 0 Å². The van der Waals surface area contributed by atoms with Crippen LogP contribution in [0.2, 0.25) is 0 Å². The number of rotatable bonds is 8. The minimum atomic E-state index is -1.25. The van der Waals surface area contributed by atoms with Crippen LogP contribution >= 0.6 is 23.2 Å². The lowest BCUT2D eigenvalue weighted by molar-refractivity contribution is 0.194. The first-order valence-corrected chi connectivity index (χ1v) is 10.3. The highest BCUT2D eigenvalue weighted by Gasteiger charge is 2.17. The van der Waals surface area contributed by atoms with Gasteiger partial charge >= 0.3 is 6.09 Å². The average molecular weight is 451 g/mol. The van der Waals surface area contributed by atoms with Crippen molar-refractivity contribution in [2.45, 2.75) is 6.92 Å². The van der Waals surface area contributed by atoms with Gasteiger partial charge in [0.05, 0.1) is 16.9 Å². The van der Waals surface area contributed by atoms with E-state index in [9.17, 15) is 14.3 Å². The molecular weight excluding hydrogens is 430 g/mol. The first-order valence-electron chi connectivity index (χ1n) is 9.26. The number of aromatic nitrogens is 1. The fraction of sp³-hybridized carbons (Fsp3) is 0.238. The van der Waals surface area contributed by atoms with Gasteiger partial charge in [-0.25, -0.2) is 14.6 Å². The van der Waals surface area contributed by atoms with Gasteiger partial charge in [0.25, 0.3) is 0 Å². The number of hydrazine groups is 1. The summed E-state index contributed by atoms with van der Waals surface area (Å²) in [6.45, 7) is 3.07. The zero-order valence-electron chi connectivity index (χ0n) is 16.3. The van der Waals surface area contributed by atoms with Gasteiger partial charge < -0.3 is 10.0 Å². The molecule has 2 aromatic carbocycles. The van der Waals surface area contributed by atoms with Crippen molar-refractivity contribution in [3.05, 3.63) is 60.0 Å². The number of hydrogen-bond acceptors (Lipinski definition) is 4. The van der Waals surface area contributed by atoms with Gasteiger partial charge in [-0.05, 0) is 55.5 Å². The monoisotopic (exact) mass is 450 g/mol. The number of alkyl halides is 2. The number of carboxylic acid groups (broad SMARTS) is 1. The molecule has 158 valence electrons. The molecule has 1 aromatic heterocycles. The molecule has 0 fully saturated rings. The van der Waals surface area contributed by atoms with Crippen molar-refractivity contribution in [1.82, 2.24) is 10.4 Å². The van der Waals surface area contributed by atoms with E-state index in [0.717, 1.165) is 5.69 Å². The van der Waals surface area contributed by atoms with Gasteiger partial charge in [0, 0.05) is 41.6 Å². The maximum atomic E-state index is 13.9. The van der Waals surface area contributed by atoms with E-state index in [2.05, 4.69) is 10.4 Å². The number of pyridine rings is 1. The molecule has 1 amide bonds. The fourth-order valence-corrected chi connectivity index (χ4v) is 3.65. The Bertz CT molecular complexity index is 1030. The Kier molecular flexibility index (Phi) is 7.18. The molecule has 1 heterocycles. The normalized spacial score (nSPS) is 10.8. The minimum absolute atomic E-state index is 0.433. The van der Waals surface area contributed by atoms with Crippen LogP contribution in [0.25, 0.3) is 10.9 Å². The maximum Gasteiger partial charge on any atom is 0.423 e. The van der Waals surface area contributed by atoms with E-state index >= 15 is 0 Å². The lowest BCUT2D eigenvalue weighted by Gasteiger charge is -2.27. The van der Waals surface area contributed by atoms with E-state index in [1.165, 1.54) is 17.1 Å². The molecule has 6 nitrogen and oxygen atoms in total. The molecule has 0 saturated heterocycles. The second kappa shape index (κ2) is 9.82. The van der Waals surface area contributed by atoms with Crippen LogP contribution < -0.4 is 15.3 Å². The average Bonchev–Trinajstić information content (AvgIpc) is 2.72. The Morgan fingerprint density at radius 2 is 1.70 bits per heavy atom. The summed E-state index contributed by atoms with van der Waals surface area (Å²) in [5.41, 5.74) is 5.59. The smallest absolute Gasteiger partial charge is 0.423 e. The summed E-state index contributed by atoms with van der Waals surface area (Å²) in [5, 5.41) is 11.3. The first-order chi connectivity index (χ1) is 14.4. The summed E-state index contributed by atoms with van der Waals surface area (Å²) in [5.74, 6) is 0.482. The van der Waals surface area contributed by atoms with Crippen LogP contribution in [-0.4, -0.2) is 41.0 Å². The van der Waals surface area contributed by atoms with Gasteiger partial charge in [-0.2, -0.15) is 0 Å². The molecule has 9 heteroatoms. The number of halogens is 3. The highest BCUT2D eigenvalue weighted by atomic mass is 35.5. The van der Waals surface area contributed by atoms with Crippen molar-refractivity contribution >= 4 is 57.3 Å². The van der Waals surface area contributed by atoms with Crippen molar-refractivity contribution in [3.63, 3.8) is 0 Å². The number of aryl methyl sites for hydroxylation is 1. The van der Waals surface area contributed by atoms with E-state index < -0.39 is 11.9 Å². The van der Waals surface area contributed by atoms with E-state index in [0.29, 0.717) is 52.8 Å². The second-order valence-corrected chi connectivity index (χ2v) is 7.33. The molecule has 30 heavy (non-hydrogen) atoms. The Labute approximate surface area is 183 Å². The van der Waals surface area contributed by atoms with Crippen molar-refractivity contribution in [3.8, 4) is 0 Å². The van der Waals surface area contributed by atoms with Gasteiger partial charge in [-0.1, -0.05) is 0 Å². The Hall–Kier alpha value is -2.77. The predicted molar refractivity (Wildman–Crippen MR) is 120 cm³/mol. The molecule has 0 unspecified atom stereocenters. The number of anilines is 3. The third kappa shape index (κ3) is 5.04. The topological polar surface area (TPSA) is 68.7 Å². The Morgan fingerprint density at radius 3 is 2.30 bits per heavy atom. The third-order valence-corrected chi connectivity index (χ3v) is 4.85. The molecule has 0 atom stereocenters. The summed E-state index contributed by atoms with van der Waals surface area (Å²) in [4.78, 5) is 18.0. The van der Waals surface area contributed by atoms with Crippen molar-refractivity contribution in [2.24, 2.45) is 0 Å². The fourth-order valence-electron chi connectivity index (χ4n) is 3.24. The van der Waals surface area contributed by atoms with Crippen molar-refractivity contribution in [1.29, 1.82) is 0 Å². The van der Waals surface area contributed by atoms with Crippen LogP contribution in [0.15, 0.2) is 48.5 Å². The first kappa shape index (κ1) is 21.9. The van der Waals surface area contributed by atoms with Crippen molar-refractivity contribution < 1.29 is 14.3 Å². The summed E-state index contributed by atoms with van der Waals surface area (Å²) in [6.07, 6.45) is -1.25. The SMILES string of the molecule is Cc1cc(N(NC(=O)O)c2ccc(N(CCCl)CCCl)cc2)c2cc(F)ccc2n1. The third-order valence-electron chi connectivity index (χ3n) is 4.51. The van der Waals surface area contributed by atoms with Gasteiger partial charge in [0.2, 0.25) is 0 Å². The van der Waals surface area contributed by atoms with Crippen LogP contribution in [0, 0.1) is 12.7 Å². The second-order valence-electron chi connectivity index (χ2n) is 6.58. The van der Waals surface area contributed by atoms with Crippen LogP contribution in [-0.2, 0) is 0 Å². The van der Waals surface area contributed by atoms with Gasteiger partial charge in [-0.15, -0.1) is 23.2 Å². The number of hydrogen-bond donors (Lipinski definition) is 2. The van der Waals surface area contributed by atoms with Crippen LogP contribution in [0.3, 0.4) is 0 Å². The quantitative estimate of drug-likeness (QED) is 0.360. The minimum Gasteiger partial charge on any atom is -0.464 e. The molecular formula is C21H21Cl2FN4O2. The molecule has 0 saturated carbocycles. The number of carbonyl (C=O) groups is 1. The molecule has 0 bridgehead atoms. The van der Waals surface area contributed by atoms with Crippen LogP contribution in [0.4, 0.5) is 26.2 Å². The van der Waals surface area contributed by atoms with E-state index in [-0.39, 0.29) is 0 Å². The molecule has 0 aliphatic rings. The number of fused-ring (bicyclic) bond motifs is 1. The molecule has 0 radical (unpaired) electrons. The molecule has 2 N–H and O–H groups in total. The van der Waals surface area contributed by atoms with Gasteiger partial charge in [0.1, 0.15) is 5.82 Å². The largest absolute Gasteiger partial charge is 0.464 e. The molecule has 0 aliphatic heterocycles. The number of benzene rings is 2. The lowest BCUT2D eigenvalue weighted by Crippen LogP contribution is -2.38. The molecule has 3 aromatic rings. The Balaban J connectivity index is 2.07. The highest BCUT2D eigenvalue weighted by molar-refractivity contribution is 6.18. The van der Waals surface area contributed by atoms with E-state index in [4.69, 9.17) is 23.2 Å². The molecule has 0 aliphatic carbocycles. The zero-order chi connectivity index (χ0) is 21.7. The van der Waals surface area contributed by atoms with Crippen LogP contribution in [0.1, 0.15) is 5.69 Å². The highest BCUT2D eigenvalue weighted by Crippen LogP contribution is 2.32. The maximum absolute atomic E-state index is 13.9. The molecule has 0 spiro atoms. The predicted octanol–water partition coefficient (Wildman–Crippen LogP) is 5.29. The van der Waals surface area contributed by atoms with Gasteiger partial charge in [-0.3, -0.25) is 9.99 Å². The van der Waals surface area contributed by atoms with E-state index in [1.54, 1.807) is 31.2 Å².